The number of benzene rings is 2. The van der Waals surface area contributed by atoms with E-state index >= 15 is 0 Å². The molecular formula is C15H10O4. The van der Waals surface area contributed by atoms with E-state index in [2.05, 4.69) is 0 Å². The van der Waals surface area contributed by atoms with Crippen LogP contribution in [-0.2, 0) is 0 Å². The number of fused-ring (bicyclic) bond motifs is 4. The van der Waals surface area contributed by atoms with E-state index in [0.29, 0.717) is 11.3 Å². The van der Waals surface area contributed by atoms with Gasteiger partial charge in [-0.1, -0.05) is 12.1 Å². The van der Waals surface area contributed by atoms with E-state index in [9.17, 15) is 4.79 Å². The highest BCUT2D eigenvalue weighted by molar-refractivity contribution is 6.06. The van der Waals surface area contributed by atoms with E-state index in [0.717, 1.165) is 27.5 Å². The SMILES string of the molecule is Cc1cc(=O)oc2c1ccc1cc3c(cc12)OCO3. The largest absolute Gasteiger partial charge is 0.454 e. The highest BCUT2D eigenvalue weighted by Gasteiger charge is 2.16. The minimum absolute atomic E-state index is 0.229. The van der Waals surface area contributed by atoms with Gasteiger partial charge in [0.1, 0.15) is 5.58 Å². The number of rotatable bonds is 0. The average Bonchev–Trinajstić information content (AvgIpc) is 2.83. The Morgan fingerprint density at radius 3 is 2.63 bits per heavy atom. The van der Waals surface area contributed by atoms with Gasteiger partial charge >= 0.3 is 5.63 Å². The van der Waals surface area contributed by atoms with E-state index in [4.69, 9.17) is 13.9 Å². The fourth-order valence-electron chi connectivity index (χ4n) is 2.49. The second-order valence-electron chi connectivity index (χ2n) is 4.62. The molecule has 1 aromatic heterocycles. The van der Waals surface area contributed by atoms with Gasteiger partial charge in [0.15, 0.2) is 11.5 Å². The van der Waals surface area contributed by atoms with Crippen molar-refractivity contribution in [3.8, 4) is 11.5 Å². The van der Waals surface area contributed by atoms with Crippen LogP contribution in [0, 0.1) is 6.92 Å². The van der Waals surface area contributed by atoms with Gasteiger partial charge in [-0.2, -0.15) is 0 Å². The Balaban J connectivity index is 2.22. The van der Waals surface area contributed by atoms with Crippen molar-refractivity contribution < 1.29 is 13.9 Å². The molecule has 0 saturated carbocycles. The molecule has 0 bridgehead atoms. The number of ether oxygens (including phenoxy) is 2. The molecule has 4 heteroatoms. The zero-order chi connectivity index (χ0) is 13.0. The zero-order valence-electron chi connectivity index (χ0n) is 10.2. The second kappa shape index (κ2) is 3.51. The Labute approximate surface area is 108 Å². The third-order valence-electron chi connectivity index (χ3n) is 3.43. The Hall–Kier alpha value is -2.49. The minimum atomic E-state index is -0.338. The predicted octanol–water partition coefficient (Wildman–Crippen LogP) is 2.98. The van der Waals surface area contributed by atoms with Crippen molar-refractivity contribution in [3.05, 3.63) is 46.3 Å². The van der Waals surface area contributed by atoms with Gasteiger partial charge in [0.05, 0.1) is 0 Å². The predicted molar refractivity (Wildman–Crippen MR) is 70.9 cm³/mol. The van der Waals surface area contributed by atoms with E-state index in [1.807, 2.05) is 31.2 Å². The summed E-state index contributed by atoms with van der Waals surface area (Å²) < 4.78 is 16.1. The van der Waals surface area contributed by atoms with Crippen LogP contribution in [-0.4, -0.2) is 6.79 Å². The highest BCUT2D eigenvalue weighted by Crippen LogP contribution is 2.38. The van der Waals surface area contributed by atoms with Gasteiger partial charge in [0.25, 0.3) is 0 Å². The third-order valence-corrected chi connectivity index (χ3v) is 3.43. The molecule has 0 aliphatic carbocycles. The second-order valence-corrected chi connectivity index (χ2v) is 4.62. The summed E-state index contributed by atoms with van der Waals surface area (Å²) >= 11 is 0. The lowest BCUT2D eigenvalue weighted by molar-refractivity contribution is 0.174. The van der Waals surface area contributed by atoms with Crippen LogP contribution in [0.1, 0.15) is 5.56 Å². The molecule has 4 nitrogen and oxygen atoms in total. The summed E-state index contributed by atoms with van der Waals surface area (Å²) in [7, 11) is 0. The van der Waals surface area contributed by atoms with Crippen LogP contribution in [0.5, 0.6) is 11.5 Å². The standard InChI is InChI=1S/C15H10O4/c1-8-4-14(16)19-15-10(8)3-2-9-5-12-13(6-11(9)15)18-7-17-12/h2-6H,7H2,1H3. The molecule has 0 N–H and O–H groups in total. The van der Waals surface area contributed by atoms with E-state index < -0.39 is 0 Å². The van der Waals surface area contributed by atoms with Crippen molar-refractivity contribution in [2.24, 2.45) is 0 Å². The van der Waals surface area contributed by atoms with Crippen molar-refractivity contribution in [2.45, 2.75) is 6.92 Å². The van der Waals surface area contributed by atoms with Crippen LogP contribution in [0.3, 0.4) is 0 Å². The topological polar surface area (TPSA) is 48.7 Å². The van der Waals surface area contributed by atoms with E-state index in [1.54, 1.807) is 0 Å². The normalized spacial score (nSPS) is 13.3. The summed E-state index contributed by atoms with van der Waals surface area (Å²) in [5, 5.41) is 2.76. The summed E-state index contributed by atoms with van der Waals surface area (Å²) in [5.41, 5.74) is 1.17. The lowest BCUT2D eigenvalue weighted by Crippen LogP contribution is -1.98. The molecule has 1 aliphatic rings. The van der Waals surface area contributed by atoms with Gasteiger partial charge in [0, 0.05) is 16.8 Å². The van der Waals surface area contributed by atoms with Crippen LogP contribution in [0.4, 0.5) is 0 Å². The molecule has 2 heterocycles. The Bertz CT molecular complexity index is 877. The van der Waals surface area contributed by atoms with Crippen molar-refractivity contribution in [3.63, 3.8) is 0 Å². The molecule has 4 rings (SSSR count). The summed E-state index contributed by atoms with van der Waals surface area (Å²) in [5.74, 6) is 1.41. The molecule has 0 fully saturated rings. The lowest BCUT2D eigenvalue weighted by Gasteiger charge is -2.05. The smallest absolute Gasteiger partial charge is 0.336 e. The number of aryl methyl sites for hydroxylation is 1. The van der Waals surface area contributed by atoms with Crippen LogP contribution in [0.25, 0.3) is 21.7 Å². The van der Waals surface area contributed by atoms with Gasteiger partial charge in [-0.15, -0.1) is 0 Å². The molecule has 0 spiro atoms. The number of hydrogen-bond acceptors (Lipinski definition) is 4. The Kier molecular flexibility index (Phi) is 1.93. The van der Waals surface area contributed by atoms with Gasteiger partial charge < -0.3 is 13.9 Å². The fraction of sp³-hybridized carbons (Fsp3) is 0.133. The maximum atomic E-state index is 11.6. The van der Waals surface area contributed by atoms with E-state index in [-0.39, 0.29) is 12.4 Å². The molecule has 19 heavy (non-hydrogen) atoms. The number of hydrogen-bond donors (Lipinski definition) is 0. The molecule has 0 amide bonds. The van der Waals surface area contributed by atoms with Gasteiger partial charge in [-0.25, -0.2) is 4.79 Å². The summed E-state index contributed by atoms with van der Waals surface area (Å²) in [6, 6.07) is 9.22. The average molecular weight is 254 g/mol. The van der Waals surface area contributed by atoms with Crippen LogP contribution in [0.15, 0.2) is 39.5 Å². The molecular weight excluding hydrogens is 244 g/mol. The van der Waals surface area contributed by atoms with Crippen molar-refractivity contribution >= 4 is 21.7 Å². The Morgan fingerprint density at radius 1 is 1.00 bits per heavy atom. The maximum Gasteiger partial charge on any atom is 0.336 e. The summed E-state index contributed by atoms with van der Waals surface area (Å²) in [6.07, 6.45) is 0. The van der Waals surface area contributed by atoms with Crippen molar-refractivity contribution in [2.75, 3.05) is 6.79 Å². The molecule has 94 valence electrons. The van der Waals surface area contributed by atoms with Crippen LogP contribution in [0.2, 0.25) is 0 Å². The molecule has 0 saturated heterocycles. The van der Waals surface area contributed by atoms with Gasteiger partial charge in [-0.05, 0) is 30.0 Å². The maximum absolute atomic E-state index is 11.6. The molecule has 0 unspecified atom stereocenters. The lowest BCUT2D eigenvalue weighted by atomic mass is 10.0. The summed E-state index contributed by atoms with van der Waals surface area (Å²) in [6.45, 7) is 2.13. The molecule has 3 aromatic rings. The first-order valence-electron chi connectivity index (χ1n) is 5.99. The van der Waals surface area contributed by atoms with Crippen LogP contribution < -0.4 is 15.1 Å². The monoisotopic (exact) mass is 254 g/mol. The van der Waals surface area contributed by atoms with E-state index in [1.165, 1.54) is 6.07 Å². The molecule has 2 aromatic carbocycles. The first-order valence-corrected chi connectivity index (χ1v) is 5.99. The minimum Gasteiger partial charge on any atom is -0.454 e. The van der Waals surface area contributed by atoms with Crippen LogP contribution >= 0.6 is 0 Å². The van der Waals surface area contributed by atoms with Crippen molar-refractivity contribution in [1.82, 2.24) is 0 Å². The molecule has 0 radical (unpaired) electrons. The quantitative estimate of drug-likeness (QED) is 0.457. The first-order chi connectivity index (χ1) is 9.22. The highest BCUT2D eigenvalue weighted by atomic mass is 16.7. The molecule has 1 aliphatic heterocycles. The molecule has 0 atom stereocenters. The van der Waals surface area contributed by atoms with Gasteiger partial charge in [0.2, 0.25) is 6.79 Å². The Morgan fingerprint density at radius 2 is 1.79 bits per heavy atom. The summed E-state index contributed by atoms with van der Waals surface area (Å²) in [4.78, 5) is 11.6. The third kappa shape index (κ3) is 1.43. The first kappa shape index (κ1) is 10.4. The zero-order valence-corrected chi connectivity index (χ0v) is 10.2. The van der Waals surface area contributed by atoms with Crippen molar-refractivity contribution in [1.29, 1.82) is 0 Å². The van der Waals surface area contributed by atoms with Gasteiger partial charge in [-0.3, -0.25) is 0 Å². The fourth-order valence-corrected chi connectivity index (χ4v) is 2.49.